The van der Waals surface area contributed by atoms with Crippen molar-refractivity contribution in [1.82, 2.24) is 5.06 Å². The fourth-order valence-corrected chi connectivity index (χ4v) is 14.9. The summed E-state index contributed by atoms with van der Waals surface area (Å²) in [5.41, 5.74) is -3.81. The first-order valence-electron chi connectivity index (χ1n) is 28.3. The van der Waals surface area contributed by atoms with Gasteiger partial charge in [0.25, 0.3) is 11.8 Å². The maximum atomic E-state index is 15.1. The van der Waals surface area contributed by atoms with E-state index in [1.165, 1.54) is 67.0 Å². The number of fused-ring (bicyclic) bond motifs is 6. The highest BCUT2D eigenvalue weighted by Crippen LogP contribution is 2.55. The molecule has 92 heavy (non-hydrogen) atoms. The Morgan fingerprint density at radius 2 is 1.12 bits per heavy atom. The second-order valence-corrected chi connectivity index (χ2v) is 29.0. The average Bonchev–Trinajstić information content (AvgIpc) is 1.53. The van der Waals surface area contributed by atoms with Gasteiger partial charge in [0.2, 0.25) is 11.5 Å². The number of anilines is 1. The summed E-state index contributed by atoms with van der Waals surface area (Å²) in [6.07, 6.45) is 0.409. The molecular formula is C57H63N3O27S5-4. The zero-order chi connectivity index (χ0) is 67.5. The van der Waals surface area contributed by atoms with Crippen molar-refractivity contribution in [3.63, 3.8) is 0 Å². The van der Waals surface area contributed by atoms with E-state index in [0.717, 1.165) is 12.1 Å². The second-order valence-electron chi connectivity index (χ2n) is 22.0. The topological polar surface area (TPSA) is 449 Å². The van der Waals surface area contributed by atoms with Gasteiger partial charge in [-0.25, -0.2) is 46.9 Å². The number of hydroxylamine groups is 2. The molecule has 35 heteroatoms. The molecule has 4 aromatic carbocycles. The second kappa shape index (κ2) is 28.2. The fourth-order valence-electron chi connectivity index (χ4n) is 11.7. The van der Waals surface area contributed by atoms with Crippen LogP contribution in [0.3, 0.4) is 0 Å². The number of ether oxygens (including phenoxy) is 6. The Morgan fingerprint density at radius 3 is 1.63 bits per heavy atom. The molecule has 0 bridgehead atoms. The molecule has 1 N–H and O–H groups in total. The van der Waals surface area contributed by atoms with Gasteiger partial charge < -0.3 is 66.0 Å². The largest absolute Gasteiger partial charge is 0.748 e. The zero-order valence-corrected chi connectivity index (χ0v) is 53.9. The van der Waals surface area contributed by atoms with Gasteiger partial charge in [-0.3, -0.25) is 14.4 Å². The molecule has 1 saturated heterocycles. The minimum Gasteiger partial charge on any atom is -0.748 e. The van der Waals surface area contributed by atoms with Gasteiger partial charge in [0, 0.05) is 92.3 Å². The zero-order valence-electron chi connectivity index (χ0n) is 49.9. The minimum absolute atomic E-state index is 0.00139. The summed E-state index contributed by atoms with van der Waals surface area (Å²) in [7, 11) is -24.2. The van der Waals surface area contributed by atoms with Gasteiger partial charge >= 0.3 is 5.97 Å². The van der Waals surface area contributed by atoms with Gasteiger partial charge in [0.1, 0.15) is 52.8 Å². The lowest BCUT2D eigenvalue weighted by molar-refractivity contribution is -0.442. The first kappa shape index (κ1) is 71.3. The van der Waals surface area contributed by atoms with Crippen LogP contribution in [0.4, 0.5) is 11.4 Å². The molecule has 0 aromatic heterocycles. The summed E-state index contributed by atoms with van der Waals surface area (Å²) in [5, 5.41) is 11.5. The molecule has 0 spiro atoms. The molecule has 4 aliphatic rings. The molecule has 0 radical (unpaired) electrons. The van der Waals surface area contributed by atoms with Gasteiger partial charge in [-0.1, -0.05) is 6.07 Å². The molecule has 0 saturated carbocycles. The number of nitrogens with zero attached hydrogens (tertiary/aromatic N) is 3. The van der Waals surface area contributed by atoms with Crippen LogP contribution in [0.25, 0.3) is 21.5 Å². The Hall–Kier alpha value is -6.52. The molecule has 4 aromatic rings. The van der Waals surface area contributed by atoms with Crippen LogP contribution in [-0.2, 0) is 114 Å². The van der Waals surface area contributed by atoms with Crippen LogP contribution in [0, 0.1) is 0 Å². The van der Waals surface area contributed by atoms with Gasteiger partial charge in [-0.15, -0.1) is 5.06 Å². The van der Waals surface area contributed by atoms with E-state index in [0.29, 0.717) is 30.4 Å². The van der Waals surface area contributed by atoms with Gasteiger partial charge in [0.15, 0.2) is 12.3 Å². The highest BCUT2D eigenvalue weighted by Gasteiger charge is 2.52. The number of hydrogen-bond acceptors (Lipinski definition) is 28. The highest BCUT2D eigenvalue weighted by atomic mass is 32.2. The summed E-state index contributed by atoms with van der Waals surface area (Å²) in [5.74, 6) is -5.17. The number of rotatable bonds is 33. The van der Waals surface area contributed by atoms with Crippen LogP contribution in [-0.4, -0.2) is 208 Å². The lowest BCUT2D eigenvalue weighted by Crippen LogP contribution is -2.35. The van der Waals surface area contributed by atoms with Crippen LogP contribution < -0.4 is 4.90 Å². The van der Waals surface area contributed by atoms with Crippen molar-refractivity contribution in [1.29, 1.82) is 0 Å². The molecule has 1 aliphatic carbocycles. The van der Waals surface area contributed by atoms with Gasteiger partial charge in [-0.2, -0.15) is 4.58 Å². The number of ketones is 1. The highest BCUT2D eigenvalue weighted by molar-refractivity contribution is 7.87. The number of Topliss-reactive ketones (excluding diaryl/α,β-unsaturated/α-hetero) is 1. The average molecular weight is 1380 g/mol. The predicted octanol–water partition coefficient (Wildman–Crippen LogP) is 2.41. The van der Waals surface area contributed by atoms with Crippen molar-refractivity contribution in [2.24, 2.45) is 0 Å². The third-order valence-corrected chi connectivity index (χ3v) is 20.2. The van der Waals surface area contributed by atoms with E-state index in [1.54, 1.807) is 6.92 Å². The van der Waals surface area contributed by atoms with Crippen LogP contribution in [0.5, 0.6) is 0 Å². The molecule has 3 aliphatic heterocycles. The van der Waals surface area contributed by atoms with Crippen LogP contribution in [0.1, 0.15) is 69.9 Å². The maximum Gasteiger partial charge on any atom is 0.333 e. The first-order valence-corrected chi connectivity index (χ1v) is 35.5. The Labute approximate surface area is 529 Å². The number of carbonyl (C=O) groups is 4. The summed E-state index contributed by atoms with van der Waals surface area (Å²) >= 11 is 0. The number of amides is 2. The van der Waals surface area contributed by atoms with Crippen molar-refractivity contribution in [2.45, 2.75) is 89.2 Å². The number of allylic oxidation sites excluding steroid dienone is 5. The molecule has 8 rings (SSSR count). The number of imide groups is 1. The summed E-state index contributed by atoms with van der Waals surface area (Å²) in [6.45, 7) is 3.55. The number of benzene rings is 4. The van der Waals surface area contributed by atoms with Crippen LogP contribution >= 0.6 is 0 Å². The Kier molecular flexibility index (Phi) is 21.9. The van der Waals surface area contributed by atoms with Crippen molar-refractivity contribution in [3.8, 4) is 0 Å². The Balaban J connectivity index is 1.32. The standard InChI is InChI=1S/C57H67N3O27S5/c1-56(14-6-28-88(66,67)68)47(59(17-19-84-22-20-81-3)44-11-9-37-39(52(44)56)29-35(89(69,70)71)31-45(37)91(75,76)77)33-41-54(64)42(55(41)65)34-48-57(2,15-18-83-24-25-86-27-26-85-23-21-82-4)53-40-30-36(90(72,73)74)32-46(92(78,79)80)38(40)8-10-43(53)58(48)16-5-7-51(63)87-60-49(61)12-13-50(60)62/h8-11,29-34H,5-7,12-28H2,1-4H3,(H5-,64,65,66,67,68,69,70,71,72,73,74,75,76,77,78,79,80)/p-4. The maximum absolute atomic E-state index is 15.1. The third kappa shape index (κ3) is 15.5. The van der Waals surface area contributed by atoms with Gasteiger partial charge in [-0.05, 0) is 104 Å². The van der Waals surface area contributed by atoms with E-state index < -0.39 is 140 Å². The van der Waals surface area contributed by atoms with Crippen molar-refractivity contribution < 1.29 is 127 Å². The van der Waals surface area contributed by atoms with Gasteiger partial charge in [0.05, 0.1) is 99.1 Å². The van der Waals surface area contributed by atoms with Crippen LogP contribution in [0.15, 0.2) is 103 Å². The summed E-state index contributed by atoms with van der Waals surface area (Å²) in [6, 6.07) is 7.58. The quantitative estimate of drug-likeness (QED) is 0.0235. The number of aliphatic hydroxyl groups is 1. The first-order chi connectivity index (χ1) is 43.1. The van der Waals surface area contributed by atoms with E-state index in [-0.39, 0.29) is 154 Å². The molecule has 2 atom stereocenters. The number of hydrogen-bond donors (Lipinski definition) is 1. The molecular weight excluding hydrogens is 1320 g/mol. The lowest BCUT2D eigenvalue weighted by atomic mass is 9.72. The number of aliphatic hydroxyl groups excluding tert-OH is 1. The predicted molar refractivity (Wildman–Crippen MR) is 314 cm³/mol. The molecule has 2 unspecified atom stereocenters. The molecule has 1 fully saturated rings. The smallest absolute Gasteiger partial charge is 0.333 e. The van der Waals surface area contributed by atoms with Crippen molar-refractivity contribution in [3.05, 3.63) is 94.4 Å². The minimum atomic E-state index is -5.56. The van der Waals surface area contributed by atoms with Crippen molar-refractivity contribution >= 4 is 113 Å². The Morgan fingerprint density at radius 1 is 0.609 bits per heavy atom. The van der Waals surface area contributed by atoms with E-state index in [9.17, 15) is 84.3 Å². The van der Waals surface area contributed by atoms with Crippen LogP contribution in [0.2, 0.25) is 0 Å². The van der Waals surface area contributed by atoms with E-state index >= 15 is 4.79 Å². The monoisotopic (exact) mass is 1380 g/mol. The molecule has 502 valence electrons. The fraction of sp³-hybridized carbons (Fsp3) is 0.456. The summed E-state index contributed by atoms with van der Waals surface area (Å²) in [4.78, 5) is 55.3. The third-order valence-electron chi connectivity index (χ3n) is 16.0. The normalized spacial score (nSPS) is 19.8. The lowest BCUT2D eigenvalue weighted by Gasteiger charge is -2.32. The van der Waals surface area contributed by atoms with E-state index in [2.05, 4.69) is 0 Å². The molecule has 2 amide bonds. The van der Waals surface area contributed by atoms with E-state index in [1.807, 2.05) is 0 Å². The summed E-state index contributed by atoms with van der Waals surface area (Å²) < 4.78 is 224. The molecule has 30 nitrogen and oxygen atoms in total. The number of carbonyl (C=O) groups excluding carboxylic acids is 4. The molecule has 3 heterocycles. The SMILES string of the molecule is COCCOCCOCCOCCC1(C)/C(=C\C2=C(O)C(=C/C3=[N+](CCOCCOC)c4ccc5c(S(=O)(=O)[O-])cc(S(=O)(=O)[O-])cc5c4C3(C)CCCS(=O)(=O)[O-])/C2=O)N(CCCC(=O)ON2C(=O)CCC2=O)c2ccc3c(S(=O)(=O)[O-])cc(S(=O)(=O)[O-])cc3c21. The number of methoxy groups -OCH3 is 2. The van der Waals surface area contributed by atoms with E-state index in [4.69, 9.17) is 33.3 Å². The van der Waals surface area contributed by atoms with Crippen molar-refractivity contribution in [2.75, 3.05) is 104 Å². The Bertz CT molecular complexity index is 4360.